The van der Waals surface area contributed by atoms with Crippen LogP contribution in [0.4, 0.5) is 11.6 Å². The third kappa shape index (κ3) is 3.84. The highest BCUT2D eigenvalue weighted by molar-refractivity contribution is 9.10. The molecule has 1 heterocycles. The van der Waals surface area contributed by atoms with Crippen molar-refractivity contribution in [2.75, 3.05) is 31.3 Å². The van der Waals surface area contributed by atoms with E-state index in [0.29, 0.717) is 0 Å². The van der Waals surface area contributed by atoms with Gasteiger partial charge < -0.3 is 15.4 Å². The molecule has 20 heavy (non-hydrogen) atoms. The average molecular weight is 337 g/mol. The first-order valence-electron chi connectivity index (χ1n) is 6.29. The molecule has 0 bridgehead atoms. The van der Waals surface area contributed by atoms with Crippen LogP contribution >= 0.6 is 15.9 Å². The maximum Gasteiger partial charge on any atom is 0.131 e. The van der Waals surface area contributed by atoms with Crippen LogP contribution in [0.15, 0.2) is 35.1 Å². The van der Waals surface area contributed by atoms with Gasteiger partial charge in [0.2, 0.25) is 0 Å². The zero-order chi connectivity index (χ0) is 14.4. The van der Waals surface area contributed by atoms with Crippen molar-refractivity contribution in [3.05, 3.63) is 40.6 Å². The summed E-state index contributed by atoms with van der Waals surface area (Å²) in [6, 6.07) is 7.88. The molecule has 0 saturated heterocycles. The predicted octanol–water partition coefficient (Wildman–Crippen LogP) is 2.94. The molecule has 0 radical (unpaired) electrons. The summed E-state index contributed by atoms with van der Waals surface area (Å²) in [6.07, 6.45) is 2.38. The molecule has 106 valence electrons. The molecule has 2 aromatic rings. The SMILES string of the molecule is CNc1cc(NCCc2cc(Br)ccc2OC)ncn1. The first kappa shape index (κ1) is 14.6. The molecule has 1 aromatic heterocycles. The van der Waals surface area contributed by atoms with E-state index in [9.17, 15) is 0 Å². The first-order chi connectivity index (χ1) is 9.72. The molecular weight excluding hydrogens is 320 g/mol. The van der Waals surface area contributed by atoms with E-state index in [1.807, 2.05) is 25.2 Å². The van der Waals surface area contributed by atoms with Crippen LogP contribution in [0, 0.1) is 0 Å². The van der Waals surface area contributed by atoms with Gasteiger partial charge >= 0.3 is 0 Å². The maximum atomic E-state index is 5.36. The summed E-state index contributed by atoms with van der Waals surface area (Å²) in [5.74, 6) is 2.49. The second-order valence-electron chi connectivity index (χ2n) is 4.17. The number of rotatable bonds is 6. The lowest BCUT2D eigenvalue weighted by Gasteiger charge is -2.10. The number of ether oxygens (including phenoxy) is 1. The van der Waals surface area contributed by atoms with Crippen LogP contribution < -0.4 is 15.4 Å². The molecule has 0 aliphatic rings. The van der Waals surface area contributed by atoms with Crippen LogP contribution in [-0.4, -0.2) is 30.7 Å². The fourth-order valence-electron chi connectivity index (χ4n) is 1.86. The van der Waals surface area contributed by atoms with Crippen molar-refractivity contribution < 1.29 is 4.74 Å². The quantitative estimate of drug-likeness (QED) is 0.849. The van der Waals surface area contributed by atoms with E-state index in [0.717, 1.165) is 40.4 Å². The Morgan fingerprint density at radius 2 is 2.00 bits per heavy atom. The fourth-order valence-corrected chi connectivity index (χ4v) is 2.27. The molecule has 5 nitrogen and oxygen atoms in total. The molecule has 0 aliphatic carbocycles. The van der Waals surface area contributed by atoms with Crippen LogP contribution in [-0.2, 0) is 6.42 Å². The molecule has 0 spiro atoms. The van der Waals surface area contributed by atoms with Crippen LogP contribution in [0.2, 0.25) is 0 Å². The van der Waals surface area contributed by atoms with Crippen molar-refractivity contribution in [2.24, 2.45) is 0 Å². The van der Waals surface area contributed by atoms with Gasteiger partial charge in [-0.3, -0.25) is 0 Å². The molecule has 0 unspecified atom stereocenters. The van der Waals surface area contributed by atoms with Gasteiger partial charge in [-0.1, -0.05) is 15.9 Å². The Balaban J connectivity index is 1.97. The predicted molar refractivity (Wildman–Crippen MR) is 84.5 cm³/mol. The van der Waals surface area contributed by atoms with Crippen molar-refractivity contribution >= 4 is 27.6 Å². The van der Waals surface area contributed by atoms with Gasteiger partial charge in [-0.25, -0.2) is 9.97 Å². The van der Waals surface area contributed by atoms with E-state index in [1.54, 1.807) is 7.11 Å². The van der Waals surface area contributed by atoms with Crippen molar-refractivity contribution in [3.63, 3.8) is 0 Å². The van der Waals surface area contributed by atoms with Crippen LogP contribution in [0.3, 0.4) is 0 Å². The number of benzene rings is 1. The lowest BCUT2D eigenvalue weighted by molar-refractivity contribution is 0.410. The highest BCUT2D eigenvalue weighted by Gasteiger charge is 2.04. The summed E-state index contributed by atoms with van der Waals surface area (Å²) >= 11 is 3.48. The number of hydrogen-bond acceptors (Lipinski definition) is 5. The summed E-state index contributed by atoms with van der Waals surface area (Å²) in [6.45, 7) is 0.771. The van der Waals surface area contributed by atoms with Gasteiger partial charge in [0.15, 0.2) is 0 Å². The lowest BCUT2D eigenvalue weighted by atomic mass is 10.1. The van der Waals surface area contributed by atoms with Crippen LogP contribution in [0.5, 0.6) is 5.75 Å². The van der Waals surface area contributed by atoms with Gasteiger partial charge in [0.05, 0.1) is 7.11 Å². The Hall–Kier alpha value is -1.82. The van der Waals surface area contributed by atoms with E-state index in [-0.39, 0.29) is 0 Å². The molecule has 0 atom stereocenters. The summed E-state index contributed by atoms with van der Waals surface area (Å²) in [5, 5.41) is 6.26. The van der Waals surface area contributed by atoms with Crippen molar-refractivity contribution in [1.29, 1.82) is 0 Å². The number of nitrogens with zero attached hydrogens (tertiary/aromatic N) is 2. The van der Waals surface area contributed by atoms with E-state index < -0.39 is 0 Å². The van der Waals surface area contributed by atoms with E-state index in [1.165, 1.54) is 6.33 Å². The van der Waals surface area contributed by atoms with Gasteiger partial charge in [-0.15, -0.1) is 0 Å². The normalized spacial score (nSPS) is 10.2. The Morgan fingerprint density at radius 1 is 1.20 bits per heavy atom. The van der Waals surface area contributed by atoms with Crippen molar-refractivity contribution in [2.45, 2.75) is 6.42 Å². The smallest absolute Gasteiger partial charge is 0.131 e. The average Bonchev–Trinajstić information content (AvgIpc) is 2.48. The lowest BCUT2D eigenvalue weighted by Crippen LogP contribution is -2.08. The minimum absolute atomic E-state index is 0.771. The number of halogens is 1. The Bertz CT molecular complexity index is 577. The zero-order valence-electron chi connectivity index (χ0n) is 11.5. The number of anilines is 2. The summed E-state index contributed by atoms with van der Waals surface area (Å²) in [5.41, 5.74) is 1.15. The third-order valence-corrected chi connectivity index (χ3v) is 3.36. The van der Waals surface area contributed by atoms with E-state index in [2.05, 4.69) is 42.6 Å². The largest absolute Gasteiger partial charge is 0.496 e. The number of methoxy groups -OCH3 is 1. The van der Waals surface area contributed by atoms with Crippen molar-refractivity contribution in [1.82, 2.24) is 9.97 Å². The maximum absolute atomic E-state index is 5.36. The highest BCUT2D eigenvalue weighted by atomic mass is 79.9. The van der Waals surface area contributed by atoms with Crippen LogP contribution in [0.25, 0.3) is 0 Å². The molecular formula is C14H17BrN4O. The van der Waals surface area contributed by atoms with Gasteiger partial charge in [0.1, 0.15) is 23.7 Å². The fraction of sp³-hybridized carbons (Fsp3) is 0.286. The van der Waals surface area contributed by atoms with Crippen molar-refractivity contribution in [3.8, 4) is 5.75 Å². The van der Waals surface area contributed by atoms with Crippen LogP contribution in [0.1, 0.15) is 5.56 Å². The molecule has 0 saturated carbocycles. The molecule has 1 aromatic carbocycles. The molecule has 6 heteroatoms. The molecule has 0 amide bonds. The van der Waals surface area contributed by atoms with Gasteiger partial charge in [-0.05, 0) is 30.2 Å². The second kappa shape index (κ2) is 7.09. The topological polar surface area (TPSA) is 59.1 Å². The Labute approximate surface area is 126 Å². The molecule has 2 N–H and O–H groups in total. The van der Waals surface area contributed by atoms with E-state index in [4.69, 9.17) is 4.74 Å². The molecule has 2 rings (SSSR count). The molecule has 0 fully saturated rings. The number of hydrogen-bond donors (Lipinski definition) is 2. The minimum Gasteiger partial charge on any atom is -0.496 e. The third-order valence-electron chi connectivity index (χ3n) is 2.87. The van der Waals surface area contributed by atoms with E-state index >= 15 is 0 Å². The Kier molecular flexibility index (Phi) is 5.17. The standard InChI is InChI=1S/C14H17BrN4O/c1-16-13-8-14(19-9-18-13)17-6-5-10-7-11(15)3-4-12(10)20-2/h3-4,7-9H,5-6H2,1-2H3,(H2,16,17,18,19). The Morgan fingerprint density at radius 3 is 2.75 bits per heavy atom. The summed E-state index contributed by atoms with van der Waals surface area (Å²) < 4.78 is 6.40. The molecule has 0 aliphatic heterocycles. The zero-order valence-corrected chi connectivity index (χ0v) is 13.1. The summed E-state index contributed by atoms with van der Waals surface area (Å²) in [4.78, 5) is 8.25. The second-order valence-corrected chi connectivity index (χ2v) is 5.09. The highest BCUT2D eigenvalue weighted by Crippen LogP contribution is 2.23. The number of nitrogens with one attached hydrogen (secondary N) is 2. The van der Waals surface area contributed by atoms with Gasteiger partial charge in [-0.2, -0.15) is 0 Å². The van der Waals surface area contributed by atoms with Gasteiger partial charge in [0.25, 0.3) is 0 Å². The first-order valence-corrected chi connectivity index (χ1v) is 7.08. The number of aromatic nitrogens is 2. The van der Waals surface area contributed by atoms with Gasteiger partial charge in [0, 0.05) is 24.1 Å². The summed E-state index contributed by atoms with van der Waals surface area (Å²) in [7, 11) is 3.52. The minimum atomic E-state index is 0.771. The monoisotopic (exact) mass is 336 g/mol.